The van der Waals surface area contributed by atoms with Crippen LogP contribution >= 0.6 is 0 Å². The first-order valence-corrected chi connectivity index (χ1v) is 11.1. The fraction of sp³-hybridized carbons (Fsp3) is 0.333. The molecule has 2 aromatic rings. The molecule has 2 aromatic carbocycles. The van der Waals surface area contributed by atoms with Crippen molar-refractivity contribution in [2.24, 2.45) is 0 Å². The maximum Gasteiger partial charge on any atom is 0.327 e. The van der Waals surface area contributed by atoms with Gasteiger partial charge < -0.3 is 10.1 Å². The van der Waals surface area contributed by atoms with Gasteiger partial charge in [0.2, 0.25) is 10.0 Å². The van der Waals surface area contributed by atoms with Crippen LogP contribution in [0.25, 0.3) is 0 Å². The van der Waals surface area contributed by atoms with E-state index in [9.17, 15) is 18.0 Å². The number of anilines is 2. The average molecular weight is 419 g/mol. The molecule has 1 amide bonds. The number of aryl methyl sites for hydroxylation is 2. The number of hydrogen-bond donors (Lipinski definition) is 1. The maximum absolute atomic E-state index is 12.3. The predicted octanol–water partition coefficient (Wildman–Crippen LogP) is 2.89. The van der Waals surface area contributed by atoms with Crippen LogP contribution in [0.4, 0.5) is 11.4 Å². The van der Waals surface area contributed by atoms with Gasteiger partial charge in [0.05, 0.1) is 11.9 Å². The average Bonchev–Trinajstić information content (AvgIpc) is 2.66. The molecule has 1 atom stereocenters. The zero-order valence-electron chi connectivity index (χ0n) is 17.0. The van der Waals surface area contributed by atoms with Gasteiger partial charge in [0.25, 0.3) is 5.91 Å². The molecule has 0 aliphatic carbocycles. The van der Waals surface area contributed by atoms with Crippen molar-refractivity contribution in [2.75, 3.05) is 22.4 Å². The van der Waals surface area contributed by atoms with Crippen LogP contribution in [0.2, 0.25) is 0 Å². The third-order valence-corrected chi connectivity index (χ3v) is 5.49. The monoisotopic (exact) mass is 418 g/mol. The highest BCUT2D eigenvalue weighted by molar-refractivity contribution is 7.92. The summed E-state index contributed by atoms with van der Waals surface area (Å²) >= 11 is 0. The smallest absolute Gasteiger partial charge is 0.327 e. The lowest BCUT2D eigenvalue weighted by atomic mass is 10.1. The summed E-state index contributed by atoms with van der Waals surface area (Å²) in [6.45, 7) is 4.70. The standard InChI is InChI=1S/C21H26N2O5S/c1-5-17-10-12-18(13-11-17)22-21(25)16(3)28-20(24)14-23(29(4,26)27)19-9-7-6-8-15(19)2/h6-13,16H,5,14H2,1-4H3,(H,22,25)/t16-/m1/s1. The molecule has 0 bridgehead atoms. The first kappa shape index (κ1) is 22.4. The van der Waals surface area contributed by atoms with Crippen molar-refractivity contribution in [1.29, 1.82) is 0 Å². The number of para-hydroxylation sites is 1. The summed E-state index contributed by atoms with van der Waals surface area (Å²) in [6.07, 6.45) is 0.828. The van der Waals surface area contributed by atoms with Crippen molar-refractivity contribution >= 4 is 33.3 Å². The van der Waals surface area contributed by atoms with Gasteiger partial charge in [-0.3, -0.25) is 13.9 Å². The van der Waals surface area contributed by atoms with Crippen molar-refractivity contribution in [1.82, 2.24) is 0 Å². The van der Waals surface area contributed by atoms with Crippen LogP contribution in [-0.4, -0.2) is 39.2 Å². The number of benzene rings is 2. The zero-order chi connectivity index (χ0) is 21.6. The minimum absolute atomic E-state index is 0.389. The Kier molecular flexibility index (Phi) is 7.39. The molecule has 0 saturated heterocycles. The van der Waals surface area contributed by atoms with Crippen LogP contribution in [0.1, 0.15) is 25.0 Å². The van der Waals surface area contributed by atoms with Gasteiger partial charge in [0, 0.05) is 5.69 Å². The molecule has 29 heavy (non-hydrogen) atoms. The third-order valence-electron chi connectivity index (χ3n) is 4.36. The lowest BCUT2D eigenvalue weighted by molar-refractivity contribution is -0.151. The molecule has 0 aromatic heterocycles. The number of sulfonamides is 1. The van der Waals surface area contributed by atoms with Crippen LogP contribution in [0.15, 0.2) is 48.5 Å². The van der Waals surface area contributed by atoms with Crippen molar-refractivity contribution in [3.8, 4) is 0 Å². The summed E-state index contributed by atoms with van der Waals surface area (Å²) in [5.74, 6) is -1.31. The second kappa shape index (κ2) is 9.56. The molecule has 0 saturated carbocycles. The molecular formula is C21H26N2O5S. The number of ether oxygens (including phenoxy) is 1. The Balaban J connectivity index is 2.03. The Bertz CT molecular complexity index is 971. The molecule has 1 N–H and O–H groups in total. The SMILES string of the molecule is CCc1ccc(NC(=O)[C@@H](C)OC(=O)CN(c2ccccc2C)S(C)(=O)=O)cc1. The number of hydrogen-bond acceptors (Lipinski definition) is 5. The maximum atomic E-state index is 12.3. The molecule has 0 aliphatic heterocycles. The Morgan fingerprint density at radius 3 is 2.28 bits per heavy atom. The Morgan fingerprint density at radius 2 is 1.72 bits per heavy atom. The van der Waals surface area contributed by atoms with Crippen molar-refractivity contribution in [3.05, 3.63) is 59.7 Å². The molecule has 2 rings (SSSR count). The summed E-state index contributed by atoms with van der Waals surface area (Å²) < 4.78 is 30.5. The summed E-state index contributed by atoms with van der Waals surface area (Å²) in [4.78, 5) is 24.6. The van der Waals surface area contributed by atoms with E-state index < -0.39 is 34.5 Å². The predicted molar refractivity (Wildman–Crippen MR) is 113 cm³/mol. The van der Waals surface area contributed by atoms with E-state index in [0.29, 0.717) is 16.9 Å². The van der Waals surface area contributed by atoms with Crippen LogP contribution in [0.3, 0.4) is 0 Å². The number of carbonyl (C=O) groups is 2. The highest BCUT2D eigenvalue weighted by Crippen LogP contribution is 2.22. The van der Waals surface area contributed by atoms with E-state index in [0.717, 1.165) is 22.5 Å². The summed E-state index contributed by atoms with van der Waals surface area (Å²) in [7, 11) is -3.71. The van der Waals surface area contributed by atoms with Gasteiger partial charge in [-0.2, -0.15) is 0 Å². The van der Waals surface area contributed by atoms with Crippen LogP contribution in [0.5, 0.6) is 0 Å². The van der Waals surface area contributed by atoms with E-state index in [1.54, 1.807) is 43.3 Å². The van der Waals surface area contributed by atoms with E-state index in [-0.39, 0.29) is 0 Å². The highest BCUT2D eigenvalue weighted by Gasteiger charge is 2.25. The van der Waals surface area contributed by atoms with Gasteiger partial charge in [-0.05, 0) is 49.6 Å². The fourth-order valence-electron chi connectivity index (χ4n) is 2.70. The Morgan fingerprint density at radius 1 is 1.10 bits per heavy atom. The zero-order valence-corrected chi connectivity index (χ0v) is 17.8. The van der Waals surface area contributed by atoms with Crippen LogP contribution < -0.4 is 9.62 Å². The molecule has 156 valence electrons. The van der Waals surface area contributed by atoms with E-state index >= 15 is 0 Å². The third kappa shape index (κ3) is 6.32. The summed E-state index contributed by atoms with van der Waals surface area (Å²) in [5.41, 5.74) is 2.82. The molecule has 7 nitrogen and oxygen atoms in total. The second-order valence-corrected chi connectivity index (χ2v) is 8.63. The minimum Gasteiger partial charge on any atom is -0.451 e. The number of esters is 1. The molecule has 0 fully saturated rings. The summed E-state index contributed by atoms with van der Waals surface area (Å²) in [6, 6.07) is 14.2. The molecule has 0 aliphatic rings. The van der Waals surface area contributed by atoms with E-state index in [1.165, 1.54) is 6.92 Å². The molecule has 8 heteroatoms. The fourth-order valence-corrected chi connectivity index (χ4v) is 3.60. The number of rotatable bonds is 8. The molecule has 0 heterocycles. The Labute approximate surface area is 171 Å². The topological polar surface area (TPSA) is 92.8 Å². The number of carbonyl (C=O) groups excluding carboxylic acids is 2. The quantitative estimate of drug-likeness (QED) is 0.666. The molecule has 0 spiro atoms. The number of nitrogens with zero attached hydrogens (tertiary/aromatic N) is 1. The molecular weight excluding hydrogens is 392 g/mol. The van der Waals surface area contributed by atoms with Gasteiger partial charge in [-0.25, -0.2) is 8.42 Å². The molecule has 0 unspecified atom stereocenters. The minimum atomic E-state index is -3.71. The van der Waals surface area contributed by atoms with Gasteiger partial charge in [-0.1, -0.05) is 37.3 Å². The summed E-state index contributed by atoms with van der Waals surface area (Å²) in [5, 5.41) is 2.67. The molecule has 0 radical (unpaired) electrons. The van der Waals surface area contributed by atoms with E-state index in [4.69, 9.17) is 4.74 Å². The van der Waals surface area contributed by atoms with Gasteiger partial charge >= 0.3 is 5.97 Å². The van der Waals surface area contributed by atoms with Crippen LogP contribution in [-0.2, 0) is 30.8 Å². The van der Waals surface area contributed by atoms with Crippen LogP contribution in [0, 0.1) is 6.92 Å². The Hall–Kier alpha value is -2.87. The van der Waals surface area contributed by atoms with E-state index in [1.807, 2.05) is 19.1 Å². The van der Waals surface area contributed by atoms with Gasteiger partial charge in [0.1, 0.15) is 6.54 Å². The van der Waals surface area contributed by atoms with Gasteiger partial charge in [0.15, 0.2) is 6.10 Å². The first-order valence-electron chi connectivity index (χ1n) is 9.24. The highest BCUT2D eigenvalue weighted by atomic mass is 32.2. The van der Waals surface area contributed by atoms with Crippen molar-refractivity contribution in [3.63, 3.8) is 0 Å². The lowest BCUT2D eigenvalue weighted by Gasteiger charge is -2.24. The second-order valence-electron chi connectivity index (χ2n) is 6.73. The largest absolute Gasteiger partial charge is 0.451 e. The van der Waals surface area contributed by atoms with Crippen molar-refractivity contribution in [2.45, 2.75) is 33.3 Å². The van der Waals surface area contributed by atoms with E-state index in [2.05, 4.69) is 5.32 Å². The lowest BCUT2D eigenvalue weighted by Crippen LogP contribution is -2.39. The number of amides is 1. The first-order chi connectivity index (χ1) is 13.6. The number of nitrogens with one attached hydrogen (secondary N) is 1. The van der Waals surface area contributed by atoms with Crippen molar-refractivity contribution < 1.29 is 22.7 Å². The normalized spacial score (nSPS) is 12.1. The van der Waals surface area contributed by atoms with Gasteiger partial charge in [-0.15, -0.1) is 0 Å².